The van der Waals surface area contributed by atoms with Gasteiger partial charge in [-0.2, -0.15) is 0 Å². The monoisotopic (exact) mass is 450 g/mol. The van der Waals surface area contributed by atoms with Gasteiger partial charge in [-0.05, 0) is 85.8 Å². The van der Waals surface area contributed by atoms with Crippen LogP contribution in [0.4, 0.5) is 11.5 Å². The van der Waals surface area contributed by atoms with Crippen LogP contribution in [0, 0.1) is 34.5 Å². The molecule has 1 aromatic heterocycles. The van der Waals surface area contributed by atoms with Crippen molar-refractivity contribution >= 4 is 29.7 Å². The number of carbonyl (C=O) groups excluding carboxylic acids is 3. The maximum Gasteiger partial charge on any atom is 0.243 e. The van der Waals surface area contributed by atoms with Gasteiger partial charge in [-0.3, -0.25) is 14.4 Å². The largest absolute Gasteiger partial charge is 0.349 e. The molecule has 3 aliphatic carbocycles. The molecule has 3 fully saturated rings. The van der Waals surface area contributed by atoms with E-state index in [9.17, 15) is 14.4 Å². The Labute approximate surface area is 195 Å². The van der Waals surface area contributed by atoms with E-state index in [1.807, 2.05) is 0 Å². The predicted molar refractivity (Wildman–Crippen MR) is 126 cm³/mol. The second-order valence-corrected chi connectivity index (χ2v) is 11.0. The third-order valence-corrected chi connectivity index (χ3v) is 9.57. The lowest BCUT2D eigenvalue weighted by atomic mass is 9.48. The van der Waals surface area contributed by atoms with E-state index in [0.29, 0.717) is 48.0 Å². The Morgan fingerprint density at radius 3 is 2.79 bits per heavy atom. The zero-order valence-electron chi connectivity index (χ0n) is 19.5. The van der Waals surface area contributed by atoms with Crippen LogP contribution in [0.1, 0.15) is 58.8 Å². The van der Waals surface area contributed by atoms with E-state index in [1.165, 1.54) is 19.0 Å². The van der Waals surface area contributed by atoms with Crippen LogP contribution in [0.15, 0.2) is 30.5 Å². The normalized spacial score (nSPS) is 39.0. The van der Waals surface area contributed by atoms with Crippen LogP contribution < -0.4 is 16.0 Å². The van der Waals surface area contributed by atoms with Crippen LogP contribution in [0.2, 0.25) is 0 Å². The van der Waals surface area contributed by atoms with Gasteiger partial charge in [0.05, 0.1) is 11.9 Å². The average Bonchev–Trinajstić information content (AvgIpc) is 3.12. The summed E-state index contributed by atoms with van der Waals surface area (Å²) in [6.45, 7) is 4.76. The molecule has 0 spiro atoms. The fraction of sp³-hybridized carbons (Fsp3) is 0.615. The van der Waals surface area contributed by atoms with Crippen LogP contribution in [0.5, 0.6) is 0 Å². The Hall–Kier alpha value is -2.70. The van der Waals surface area contributed by atoms with Gasteiger partial charge in [-0.25, -0.2) is 4.98 Å². The molecule has 1 aromatic rings. The molecule has 7 heteroatoms. The maximum absolute atomic E-state index is 12.9. The van der Waals surface area contributed by atoms with E-state index < -0.39 is 0 Å². The lowest BCUT2D eigenvalue weighted by molar-refractivity contribution is -0.123. The van der Waals surface area contributed by atoms with E-state index in [0.717, 1.165) is 25.7 Å². The number of hydrogen-bond acceptors (Lipinski definition) is 4. The number of hydrogen-bond donors (Lipinski definition) is 3. The Balaban J connectivity index is 1.26. The van der Waals surface area contributed by atoms with E-state index in [1.54, 1.807) is 18.2 Å². The van der Waals surface area contributed by atoms with Crippen LogP contribution in [-0.4, -0.2) is 29.3 Å². The molecule has 7 nitrogen and oxygen atoms in total. The summed E-state index contributed by atoms with van der Waals surface area (Å²) in [5.41, 5.74) is 0.834. The average molecular weight is 451 g/mol. The predicted octanol–water partition coefficient (Wildman–Crippen LogP) is 3.89. The molecule has 5 rings (SSSR count). The standard InChI is InChI=1S/C26H34N4O3/c1-25-11-9-20-18(5-7-21-26(20,2)12-10-23(32)29-21)19(25)6-3-16(25)13-24(33)30-22-8-4-17(14-27-22)28-15-31/h4,8,10,12,14-16,18-21H,3,5-7,9,11,13H2,1-2H3,(H,28,31)(H,29,32)(H,27,30,33)/t16-,18+,19+,20+,21-,25-,26-/m1/s1. The fourth-order valence-electron chi connectivity index (χ4n) is 7.82. The number of amides is 3. The molecule has 3 amide bonds. The zero-order chi connectivity index (χ0) is 23.2. The Morgan fingerprint density at radius 2 is 2.03 bits per heavy atom. The fourth-order valence-corrected chi connectivity index (χ4v) is 7.82. The molecule has 2 heterocycles. The molecule has 33 heavy (non-hydrogen) atoms. The molecule has 3 saturated carbocycles. The molecule has 7 atom stereocenters. The minimum absolute atomic E-state index is 0.0150. The van der Waals surface area contributed by atoms with Crippen LogP contribution >= 0.6 is 0 Å². The number of anilines is 2. The van der Waals surface area contributed by atoms with Crippen molar-refractivity contribution in [2.75, 3.05) is 10.6 Å². The number of pyridine rings is 1. The third-order valence-electron chi connectivity index (χ3n) is 9.57. The first-order chi connectivity index (χ1) is 15.8. The third kappa shape index (κ3) is 3.75. The molecule has 0 radical (unpaired) electrons. The van der Waals surface area contributed by atoms with Crippen molar-refractivity contribution in [3.8, 4) is 0 Å². The van der Waals surface area contributed by atoms with Gasteiger partial charge in [0.1, 0.15) is 5.82 Å². The Bertz CT molecular complexity index is 976. The highest BCUT2D eigenvalue weighted by Gasteiger charge is 2.59. The van der Waals surface area contributed by atoms with Crippen LogP contribution in [-0.2, 0) is 14.4 Å². The van der Waals surface area contributed by atoms with E-state index in [4.69, 9.17) is 0 Å². The minimum Gasteiger partial charge on any atom is -0.349 e. The Morgan fingerprint density at radius 1 is 1.18 bits per heavy atom. The summed E-state index contributed by atoms with van der Waals surface area (Å²) in [6.07, 6.45) is 13.4. The van der Waals surface area contributed by atoms with Gasteiger partial charge in [-0.15, -0.1) is 0 Å². The van der Waals surface area contributed by atoms with Crippen molar-refractivity contribution in [1.29, 1.82) is 0 Å². The number of nitrogens with one attached hydrogen (secondary N) is 3. The summed E-state index contributed by atoms with van der Waals surface area (Å²) in [5.74, 6) is 2.86. The molecule has 0 unspecified atom stereocenters. The van der Waals surface area contributed by atoms with Crippen molar-refractivity contribution in [2.24, 2.45) is 34.5 Å². The van der Waals surface area contributed by atoms with Gasteiger partial charge < -0.3 is 16.0 Å². The van der Waals surface area contributed by atoms with Crippen LogP contribution in [0.3, 0.4) is 0 Å². The summed E-state index contributed by atoms with van der Waals surface area (Å²) in [4.78, 5) is 39.6. The summed E-state index contributed by atoms with van der Waals surface area (Å²) >= 11 is 0. The van der Waals surface area contributed by atoms with Crippen molar-refractivity contribution in [2.45, 2.75) is 64.8 Å². The molecule has 3 N–H and O–H groups in total. The molecule has 176 valence electrons. The Kier molecular flexibility index (Phi) is 5.53. The van der Waals surface area contributed by atoms with E-state index in [2.05, 4.69) is 40.9 Å². The van der Waals surface area contributed by atoms with Gasteiger partial charge in [0.15, 0.2) is 0 Å². The van der Waals surface area contributed by atoms with Crippen molar-refractivity contribution in [3.63, 3.8) is 0 Å². The topological polar surface area (TPSA) is 100 Å². The van der Waals surface area contributed by atoms with E-state index in [-0.39, 0.29) is 28.7 Å². The zero-order valence-corrected chi connectivity index (χ0v) is 19.5. The molecular weight excluding hydrogens is 416 g/mol. The summed E-state index contributed by atoms with van der Waals surface area (Å²) in [6, 6.07) is 3.69. The van der Waals surface area contributed by atoms with Gasteiger partial charge in [-0.1, -0.05) is 19.9 Å². The van der Waals surface area contributed by atoms with Crippen molar-refractivity contribution < 1.29 is 14.4 Å². The lowest BCUT2D eigenvalue weighted by Crippen LogP contribution is -2.59. The highest BCUT2D eigenvalue weighted by molar-refractivity contribution is 5.90. The summed E-state index contributed by atoms with van der Waals surface area (Å²) in [7, 11) is 0. The molecular formula is C26H34N4O3. The molecule has 1 aliphatic heterocycles. The van der Waals surface area contributed by atoms with Crippen molar-refractivity contribution in [1.82, 2.24) is 10.3 Å². The minimum atomic E-state index is 0.0150. The smallest absolute Gasteiger partial charge is 0.243 e. The number of fused-ring (bicyclic) bond motifs is 5. The highest BCUT2D eigenvalue weighted by atomic mass is 16.2. The van der Waals surface area contributed by atoms with Crippen molar-refractivity contribution in [3.05, 3.63) is 30.5 Å². The number of nitrogens with zero attached hydrogens (tertiary/aromatic N) is 1. The summed E-state index contributed by atoms with van der Waals surface area (Å²) in [5, 5.41) is 8.71. The molecule has 4 aliphatic rings. The molecule has 0 aromatic carbocycles. The highest BCUT2D eigenvalue weighted by Crippen LogP contribution is 2.65. The molecule has 0 bridgehead atoms. The first-order valence-electron chi connectivity index (χ1n) is 12.3. The quantitative estimate of drug-likeness (QED) is 0.593. The SMILES string of the molecule is C[C@]12C=CC(=O)N[C@@H]1CC[C@@H]1[C@@H]2CC[C@]2(C)[C@@H](CC(=O)Nc3ccc(NC=O)cn3)CC[C@@H]12. The first kappa shape index (κ1) is 22.1. The number of carbonyl (C=O) groups is 3. The van der Waals surface area contributed by atoms with Gasteiger partial charge in [0.2, 0.25) is 18.2 Å². The van der Waals surface area contributed by atoms with Gasteiger partial charge >= 0.3 is 0 Å². The lowest BCUT2D eigenvalue weighted by Gasteiger charge is -2.59. The number of rotatable bonds is 5. The first-order valence-corrected chi connectivity index (χ1v) is 12.3. The van der Waals surface area contributed by atoms with Crippen LogP contribution in [0.25, 0.3) is 0 Å². The van der Waals surface area contributed by atoms with Gasteiger partial charge in [0.25, 0.3) is 0 Å². The maximum atomic E-state index is 12.9. The van der Waals surface area contributed by atoms with Gasteiger partial charge in [0, 0.05) is 17.9 Å². The second-order valence-electron chi connectivity index (χ2n) is 11.0. The summed E-state index contributed by atoms with van der Waals surface area (Å²) < 4.78 is 0. The van der Waals surface area contributed by atoms with E-state index >= 15 is 0 Å². The second kappa shape index (κ2) is 8.26. The molecule has 0 saturated heterocycles. The number of aromatic nitrogens is 1.